The third-order valence-electron chi connectivity index (χ3n) is 4.46. The van der Waals surface area contributed by atoms with Gasteiger partial charge in [0.05, 0.1) is 11.3 Å². The van der Waals surface area contributed by atoms with Crippen LogP contribution in [0.5, 0.6) is 0 Å². The zero-order chi connectivity index (χ0) is 23.6. The van der Waals surface area contributed by atoms with Crippen LogP contribution in [0.3, 0.4) is 0 Å². The normalized spacial score (nSPS) is 17.0. The van der Waals surface area contributed by atoms with Crippen molar-refractivity contribution in [3.8, 4) is 0 Å². The minimum atomic E-state index is -2.77. The van der Waals surface area contributed by atoms with Crippen LogP contribution in [0.4, 0.5) is 5.69 Å². The second-order valence-corrected chi connectivity index (χ2v) is 8.32. The van der Waals surface area contributed by atoms with E-state index in [1.165, 1.54) is 48.6 Å². The van der Waals surface area contributed by atoms with E-state index in [-0.39, 0.29) is 118 Å². The average molecular weight is 604 g/mol. The molecule has 0 aliphatic heterocycles. The van der Waals surface area contributed by atoms with Gasteiger partial charge in [0.15, 0.2) is 0 Å². The van der Waals surface area contributed by atoms with Crippen molar-refractivity contribution in [1.82, 2.24) is 0 Å². The van der Waals surface area contributed by atoms with Crippen LogP contribution in [0.1, 0.15) is 20.7 Å². The maximum absolute atomic E-state index is 11.9. The SMILES string of the molecule is [Cs+].[NH-]C1=CC(=S(=O)=O)C(=C2C=CC(Nc3cc(C(N)=O)ccc3C(N)=O)=CC2=S(=O)=O)C=C1. The number of anilines is 1. The van der Waals surface area contributed by atoms with Gasteiger partial charge in [-0.15, -0.1) is 5.70 Å². The topological polar surface area (TPSA) is 190 Å². The van der Waals surface area contributed by atoms with Crippen molar-refractivity contribution in [2.24, 2.45) is 11.5 Å². The van der Waals surface area contributed by atoms with Gasteiger partial charge in [0.1, 0.15) is 9.73 Å². The molecule has 2 aliphatic rings. The summed E-state index contributed by atoms with van der Waals surface area (Å²) in [6, 6.07) is 3.94. The van der Waals surface area contributed by atoms with Gasteiger partial charge in [-0.3, -0.25) is 9.59 Å². The van der Waals surface area contributed by atoms with Crippen LogP contribution in [-0.4, -0.2) is 38.4 Å². The molecule has 0 fully saturated rings. The van der Waals surface area contributed by atoms with Crippen molar-refractivity contribution in [3.63, 3.8) is 0 Å². The average Bonchev–Trinajstić information content (AvgIpc) is 2.73. The first-order chi connectivity index (χ1) is 15.1. The molecule has 1 aromatic carbocycles. The van der Waals surface area contributed by atoms with E-state index >= 15 is 0 Å². The molecule has 0 bridgehead atoms. The number of nitrogens with two attached hydrogens (primary N) is 2. The zero-order valence-electron chi connectivity index (χ0n) is 17.1. The van der Waals surface area contributed by atoms with Crippen LogP contribution >= 0.6 is 0 Å². The van der Waals surface area contributed by atoms with Gasteiger partial charge >= 0.3 is 68.9 Å². The smallest absolute Gasteiger partial charge is 0.699 e. The number of hydrogen-bond acceptors (Lipinski definition) is 7. The Morgan fingerprint density at radius 2 is 1.39 bits per heavy atom. The summed E-state index contributed by atoms with van der Waals surface area (Å²) in [6.07, 6.45) is 7.85. The standard InChI is InChI=1S/C20H15N4O6S2.Cs/c21-11-2-5-13(17(8-11)31(27)28)14-6-3-12(9-18(14)32(29)30)24-16-7-10(19(22)25)1-4-15(16)20(23)26;/h1-9,21H,(H2,22,25)(H3,23,24,26);/q-1;+1. The van der Waals surface area contributed by atoms with Crippen molar-refractivity contribution in [1.29, 1.82) is 0 Å². The number of hydrogen-bond donors (Lipinski definition) is 3. The van der Waals surface area contributed by atoms with Crippen molar-refractivity contribution < 1.29 is 95.3 Å². The molecular formula is C20H15CsN4O6S2. The molecule has 10 nitrogen and oxygen atoms in total. The van der Waals surface area contributed by atoms with Crippen molar-refractivity contribution >= 4 is 47.8 Å². The second kappa shape index (κ2) is 11.3. The molecule has 6 N–H and O–H groups in total. The second-order valence-electron chi connectivity index (χ2n) is 6.51. The summed E-state index contributed by atoms with van der Waals surface area (Å²) in [5.41, 5.74) is 18.9. The molecule has 164 valence electrons. The van der Waals surface area contributed by atoms with E-state index in [1.807, 2.05) is 0 Å². The van der Waals surface area contributed by atoms with Crippen molar-refractivity contribution in [2.75, 3.05) is 5.32 Å². The number of carbonyl (C=O) groups is 2. The number of benzene rings is 1. The van der Waals surface area contributed by atoms with Gasteiger partial charge in [0.2, 0.25) is 26.5 Å². The maximum Gasteiger partial charge on any atom is 1.00 e. The first kappa shape index (κ1) is 27.1. The van der Waals surface area contributed by atoms with Gasteiger partial charge < -0.3 is 22.5 Å². The Morgan fingerprint density at radius 3 is 1.94 bits per heavy atom. The Hall–Kier alpha value is -2.11. The molecule has 33 heavy (non-hydrogen) atoms. The number of primary amides is 2. The molecule has 0 radical (unpaired) electrons. The first-order valence-corrected chi connectivity index (χ1v) is 10.9. The van der Waals surface area contributed by atoms with Crippen LogP contribution in [0, 0.1) is 0 Å². The molecule has 1 aromatic rings. The molecule has 0 saturated carbocycles. The van der Waals surface area contributed by atoms with E-state index in [0.29, 0.717) is 0 Å². The van der Waals surface area contributed by atoms with E-state index in [1.54, 1.807) is 0 Å². The monoisotopic (exact) mass is 604 g/mol. The number of nitrogens with one attached hydrogen (secondary N) is 2. The number of amides is 2. The quantitative estimate of drug-likeness (QED) is 0.253. The molecule has 0 aromatic heterocycles. The Balaban J connectivity index is 0.00000385. The fraction of sp³-hybridized carbons (Fsp3) is 0. The summed E-state index contributed by atoms with van der Waals surface area (Å²) in [4.78, 5) is 22.7. The van der Waals surface area contributed by atoms with Crippen LogP contribution in [0.2, 0.25) is 0 Å². The molecule has 0 atom stereocenters. The van der Waals surface area contributed by atoms with E-state index in [4.69, 9.17) is 17.2 Å². The fourth-order valence-electron chi connectivity index (χ4n) is 3.01. The van der Waals surface area contributed by atoms with E-state index in [0.717, 1.165) is 6.08 Å². The number of carbonyl (C=O) groups excluding carboxylic acids is 2. The summed E-state index contributed by atoms with van der Waals surface area (Å²) in [5, 5.41) is 2.84. The minimum Gasteiger partial charge on any atom is -0.699 e. The van der Waals surface area contributed by atoms with Gasteiger partial charge in [0.25, 0.3) is 5.91 Å². The number of allylic oxidation sites excluding steroid dienone is 8. The Labute approximate surface area is 250 Å². The summed E-state index contributed by atoms with van der Waals surface area (Å²) < 4.78 is 47.0. The largest absolute Gasteiger partial charge is 1.00 e. The Morgan fingerprint density at radius 1 is 0.818 bits per heavy atom. The Bertz CT molecular complexity index is 1490. The molecule has 13 heteroatoms. The van der Waals surface area contributed by atoms with Gasteiger partial charge in [-0.1, -0.05) is 24.3 Å². The molecule has 0 heterocycles. The van der Waals surface area contributed by atoms with Crippen molar-refractivity contribution in [3.05, 3.63) is 94.1 Å². The molecule has 2 aliphatic carbocycles. The van der Waals surface area contributed by atoms with Crippen LogP contribution < -0.4 is 85.7 Å². The third kappa shape index (κ3) is 6.27. The fourth-order valence-corrected chi connectivity index (χ4v) is 4.18. The first-order valence-electron chi connectivity index (χ1n) is 8.77. The van der Waals surface area contributed by atoms with Crippen LogP contribution in [-0.2, 0) is 20.6 Å². The summed E-state index contributed by atoms with van der Waals surface area (Å²) in [7, 11) is -5.47. The summed E-state index contributed by atoms with van der Waals surface area (Å²) in [6.45, 7) is 0. The number of rotatable bonds is 4. The zero-order valence-corrected chi connectivity index (χ0v) is 25.0. The molecule has 2 amide bonds. The van der Waals surface area contributed by atoms with E-state index in [9.17, 15) is 26.4 Å². The predicted molar refractivity (Wildman–Crippen MR) is 121 cm³/mol. The Kier molecular flexibility index (Phi) is 9.33. The molecular weight excluding hydrogens is 589 g/mol. The third-order valence-corrected chi connectivity index (χ3v) is 5.85. The summed E-state index contributed by atoms with van der Waals surface area (Å²) >= 11 is 0. The van der Waals surface area contributed by atoms with Gasteiger partial charge in [-0.25, -0.2) is 0 Å². The van der Waals surface area contributed by atoms with Crippen LogP contribution in [0.15, 0.2) is 77.2 Å². The van der Waals surface area contributed by atoms with E-state index < -0.39 is 32.4 Å². The summed E-state index contributed by atoms with van der Waals surface area (Å²) in [5.74, 6) is -1.53. The predicted octanol–water partition coefficient (Wildman–Crippen LogP) is -2.34. The van der Waals surface area contributed by atoms with Crippen molar-refractivity contribution in [2.45, 2.75) is 0 Å². The van der Waals surface area contributed by atoms with Gasteiger partial charge in [-0.05, 0) is 30.4 Å². The van der Waals surface area contributed by atoms with Gasteiger partial charge in [-0.2, -0.15) is 16.8 Å². The van der Waals surface area contributed by atoms with E-state index in [2.05, 4.69) is 5.32 Å². The minimum absolute atomic E-state index is 0. The molecule has 0 spiro atoms. The maximum atomic E-state index is 11.9. The molecule has 0 saturated heterocycles. The molecule has 0 unspecified atom stereocenters. The van der Waals surface area contributed by atoms with Crippen LogP contribution in [0.25, 0.3) is 5.73 Å². The van der Waals surface area contributed by atoms with Gasteiger partial charge in [0, 0.05) is 22.4 Å². The molecule has 3 rings (SSSR count).